The van der Waals surface area contributed by atoms with Gasteiger partial charge in [-0.15, -0.1) is 0 Å². The molecule has 0 spiro atoms. The standard InChI is InChI=1S/C23H19ClN2O/c1-14-18(13-25)22(17-9-5-6-10-19(17)24)23-20(26-14)11-16(12-21(23)27)15-7-3-2-4-8-15/h2-10,16,18,22H,11-12H2,1H3/t16-,18?,22+/m0/s1. The molecule has 1 unspecified atom stereocenters. The lowest BCUT2D eigenvalue weighted by Crippen LogP contribution is -2.32. The number of halogens is 1. The monoisotopic (exact) mass is 374 g/mol. The fourth-order valence-electron chi connectivity index (χ4n) is 4.25. The number of nitriles is 1. The van der Waals surface area contributed by atoms with Crippen molar-refractivity contribution in [2.24, 2.45) is 10.9 Å². The van der Waals surface area contributed by atoms with Gasteiger partial charge in [-0.2, -0.15) is 5.26 Å². The van der Waals surface area contributed by atoms with E-state index in [1.54, 1.807) is 0 Å². The SMILES string of the molecule is CC1=NC2=C(C(=O)C[C@@H](c3ccccc3)C2)[C@H](c2ccccc2Cl)C1C#N. The fourth-order valence-corrected chi connectivity index (χ4v) is 4.50. The van der Waals surface area contributed by atoms with E-state index in [1.165, 1.54) is 0 Å². The molecule has 4 rings (SSSR count). The highest BCUT2D eigenvalue weighted by Crippen LogP contribution is 2.47. The zero-order valence-corrected chi connectivity index (χ0v) is 15.8. The highest BCUT2D eigenvalue weighted by atomic mass is 35.5. The predicted octanol–water partition coefficient (Wildman–Crippen LogP) is 5.44. The first-order valence-electron chi connectivity index (χ1n) is 9.10. The van der Waals surface area contributed by atoms with Gasteiger partial charge in [0.2, 0.25) is 0 Å². The number of carbonyl (C=O) groups is 1. The molecule has 27 heavy (non-hydrogen) atoms. The molecule has 0 bridgehead atoms. The largest absolute Gasteiger partial charge is 0.294 e. The third-order valence-corrected chi connectivity index (χ3v) is 5.88. The van der Waals surface area contributed by atoms with E-state index in [0.29, 0.717) is 23.4 Å². The average molecular weight is 375 g/mol. The van der Waals surface area contributed by atoms with Crippen LogP contribution in [0, 0.1) is 17.2 Å². The number of nitrogens with zero attached hydrogens (tertiary/aromatic N) is 2. The van der Waals surface area contributed by atoms with Crippen molar-refractivity contribution < 1.29 is 4.79 Å². The molecule has 1 aliphatic heterocycles. The van der Waals surface area contributed by atoms with Gasteiger partial charge in [0, 0.05) is 34.3 Å². The van der Waals surface area contributed by atoms with Gasteiger partial charge in [-0.3, -0.25) is 9.79 Å². The highest BCUT2D eigenvalue weighted by Gasteiger charge is 2.41. The van der Waals surface area contributed by atoms with Crippen LogP contribution in [0.25, 0.3) is 0 Å². The van der Waals surface area contributed by atoms with E-state index in [4.69, 9.17) is 16.6 Å². The van der Waals surface area contributed by atoms with Crippen molar-refractivity contribution >= 4 is 23.1 Å². The number of Topliss-reactive ketones (excluding diaryl/α,β-unsaturated/α-hetero) is 1. The predicted molar refractivity (Wildman–Crippen MR) is 107 cm³/mol. The molecule has 0 amide bonds. The summed E-state index contributed by atoms with van der Waals surface area (Å²) in [5.74, 6) is -0.618. The number of allylic oxidation sites excluding steroid dienone is 2. The zero-order valence-electron chi connectivity index (χ0n) is 15.0. The van der Waals surface area contributed by atoms with Gasteiger partial charge in [0.25, 0.3) is 0 Å². The minimum absolute atomic E-state index is 0.0755. The second kappa shape index (κ2) is 7.13. The Bertz CT molecular complexity index is 1000. The van der Waals surface area contributed by atoms with Crippen molar-refractivity contribution in [3.05, 3.63) is 82.0 Å². The molecule has 0 saturated carbocycles. The molecule has 0 fully saturated rings. The van der Waals surface area contributed by atoms with E-state index in [2.05, 4.69) is 18.2 Å². The molecule has 134 valence electrons. The van der Waals surface area contributed by atoms with Crippen molar-refractivity contribution in [1.29, 1.82) is 5.26 Å². The number of aliphatic imine (C=N–C) groups is 1. The second-order valence-electron chi connectivity index (χ2n) is 7.16. The van der Waals surface area contributed by atoms with Crippen LogP contribution in [0.1, 0.15) is 42.7 Å². The molecule has 3 nitrogen and oxygen atoms in total. The number of rotatable bonds is 2. The first-order chi connectivity index (χ1) is 13.1. The average Bonchev–Trinajstić information content (AvgIpc) is 2.68. The summed E-state index contributed by atoms with van der Waals surface area (Å²) in [6.07, 6.45) is 1.15. The second-order valence-corrected chi connectivity index (χ2v) is 7.57. The summed E-state index contributed by atoms with van der Waals surface area (Å²) in [5, 5.41) is 10.4. The quantitative estimate of drug-likeness (QED) is 0.702. The first kappa shape index (κ1) is 17.7. The third-order valence-electron chi connectivity index (χ3n) is 5.54. The van der Waals surface area contributed by atoms with E-state index < -0.39 is 5.92 Å². The Hall–Kier alpha value is -2.70. The maximum Gasteiger partial charge on any atom is 0.161 e. The summed E-state index contributed by atoms with van der Waals surface area (Å²) in [7, 11) is 0. The smallest absolute Gasteiger partial charge is 0.161 e. The molecule has 4 heteroatoms. The van der Waals surface area contributed by atoms with Gasteiger partial charge in [-0.05, 0) is 36.5 Å². The van der Waals surface area contributed by atoms with Crippen molar-refractivity contribution in [2.45, 2.75) is 31.6 Å². The Morgan fingerprint density at radius 3 is 2.48 bits per heavy atom. The summed E-state index contributed by atoms with van der Waals surface area (Å²) in [6, 6.07) is 19.9. The van der Waals surface area contributed by atoms with Gasteiger partial charge in [-0.1, -0.05) is 60.1 Å². The van der Waals surface area contributed by atoms with Crippen molar-refractivity contribution in [3.63, 3.8) is 0 Å². The fraction of sp³-hybridized carbons (Fsp3) is 0.261. The minimum Gasteiger partial charge on any atom is -0.294 e. The topological polar surface area (TPSA) is 53.2 Å². The van der Waals surface area contributed by atoms with E-state index in [1.807, 2.05) is 49.4 Å². The van der Waals surface area contributed by atoms with Gasteiger partial charge >= 0.3 is 0 Å². The van der Waals surface area contributed by atoms with Crippen LogP contribution in [0.15, 0.2) is 70.9 Å². The van der Waals surface area contributed by atoms with E-state index in [0.717, 1.165) is 22.5 Å². The Morgan fingerprint density at radius 1 is 1.07 bits per heavy atom. The molecule has 0 radical (unpaired) electrons. The molecular formula is C23H19ClN2O. The Labute approximate surface area is 164 Å². The van der Waals surface area contributed by atoms with Crippen LogP contribution in [0.4, 0.5) is 0 Å². The summed E-state index contributed by atoms with van der Waals surface area (Å²) >= 11 is 6.45. The normalized spacial score (nSPS) is 24.9. The van der Waals surface area contributed by atoms with Crippen LogP contribution >= 0.6 is 11.6 Å². The molecule has 3 atom stereocenters. The molecule has 1 aliphatic carbocycles. The molecule has 1 heterocycles. The molecule has 2 aromatic carbocycles. The summed E-state index contributed by atoms with van der Waals surface area (Å²) in [4.78, 5) is 17.9. The zero-order chi connectivity index (χ0) is 19.0. The van der Waals surface area contributed by atoms with Crippen molar-refractivity contribution in [1.82, 2.24) is 0 Å². The maximum atomic E-state index is 13.2. The van der Waals surface area contributed by atoms with Gasteiger partial charge in [0.1, 0.15) is 0 Å². The maximum absolute atomic E-state index is 13.2. The van der Waals surface area contributed by atoms with Crippen molar-refractivity contribution in [2.75, 3.05) is 0 Å². The lowest BCUT2D eigenvalue weighted by Gasteiger charge is -2.35. The summed E-state index contributed by atoms with van der Waals surface area (Å²) in [6.45, 7) is 1.87. The number of hydrogen-bond acceptors (Lipinski definition) is 3. The molecule has 0 N–H and O–H groups in total. The van der Waals surface area contributed by atoms with Gasteiger partial charge < -0.3 is 0 Å². The van der Waals surface area contributed by atoms with Crippen LogP contribution < -0.4 is 0 Å². The summed E-state index contributed by atoms with van der Waals surface area (Å²) < 4.78 is 0. The molecule has 2 aromatic rings. The lowest BCUT2D eigenvalue weighted by atomic mass is 9.69. The highest BCUT2D eigenvalue weighted by molar-refractivity contribution is 6.31. The van der Waals surface area contributed by atoms with Gasteiger partial charge in [0.15, 0.2) is 5.78 Å². The molecule has 0 aromatic heterocycles. The van der Waals surface area contributed by atoms with Crippen LogP contribution in [0.2, 0.25) is 5.02 Å². The Kier molecular flexibility index (Phi) is 4.68. The van der Waals surface area contributed by atoms with Crippen LogP contribution in [-0.2, 0) is 4.79 Å². The Morgan fingerprint density at radius 2 is 1.78 bits per heavy atom. The third kappa shape index (κ3) is 3.11. The first-order valence-corrected chi connectivity index (χ1v) is 9.48. The number of carbonyl (C=O) groups excluding carboxylic acids is 1. The molecule has 2 aliphatic rings. The number of ketones is 1. The van der Waals surface area contributed by atoms with Gasteiger partial charge in [-0.25, -0.2) is 0 Å². The van der Waals surface area contributed by atoms with Gasteiger partial charge in [0.05, 0.1) is 12.0 Å². The summed E-state index contributed by atoms with van der Waals surface area (Å²) in [5.41, 5.74) is 4.23. The van der Waals surface area contributed by atoms with Crippen LogP contribution in [0.5, 0.6) is 0 Å². The Balaban J connectivity index is 1.82. The van der Waals surface area contributed by atoms with E-state index in [9.17, 15) is 10.1 Å². The molecular weight excluding hydrogens is 356 g/mol. The molecule has 0 saturated heterocycles. The van der Waals surface area contributed by atoms with E-state index >= 15 is 0 Å². The van der Waals surface area contributed by atoms with Crippen LogP contribution in [-0.4, -0.2) is 11.5 Å². The van der Waals surface area contributed by atoms with Crippen LogP contribution in [0.3, 0.4) is 0 Å². The lowest BCUT2D eigenvalue weighted by molar-refractivity contribution is -0.116. The van der Waals surface area contributed by atoms with Crippen molar-refractivity contribution in [3.8, 4) is 6.07 Å². The van der Waals surface area contributed by atoms with E-state index in [-0.39, 0.29) is 17.6 Å². The number of benzene rings is 2. The minimum atomic E-state index is -0.471. The number of hydrogen-bond donors (Lipinski definition) is 0.